The van der Waals surface area contributed by atoms with Gasteiger partial charge in [-0.25, -0.2) is 4.79 Å². The van der Waals surface area contributed by atoms with Gasteiger partial charge >= 0.3 is 6.03 Å². The van der Waals surface area contributed by atoms with Crippen LogP contribution in [0.25, 0.3) is 0 Å². The highest BCUT2D eigenvalue weighted by molar-refractivity contribution is 6.05. The lowest BCUT2D eigenvalue weighted by molar-refractivity contribution is -0.136. The van der Waals surface area contributed by atoms with Crippen LogP contribution in [0.15, 0.2) is 24.3 Å². The van der Waals surface area contributed by atoms with Crippen LogP contribution in [0.4, 0.5) is 4.79 Å². The van der Waals surface area contributed by atoms with Gasteiger partial charge in [0.2, 0.25) is 5.91 Å². The SMILES string of the molecule is COc1ccc(C2(C(=O)N3CC4C(=O)N(CC(C)C)C(=O)N4CC(C)(C)C3)CC2)cc1. The normalized spacial score (nSPS) is 24.3. The smallest absolute Gasteiger partial charge is 0.327 e. The Morgan fingerprint density at radius 3 is 2.32 bits per heavy atom. The molecule has 31 heavy (non-hydrogen) atoms. The Labute approximate surface area is 184 Å². The van der Waals surface area contributed by atoms with Gasteiger partial charge in [0.1, 0.15) is 11.8 Å². The van der Waals surface area contributed by atoms with Gasteiger partial charge in [-0.05, 0) is 36.5 Å². The fourth-order valence-corrected chi connectivity index (χ4v) is 5.00. The average molecular weight is 428 g/mol. The zero-order valence-corrected chi connectivity index (χ0v) is 19.2. The molecule has 1 saturated carbocycles. The van der Waals surface area contributed by atoms with Crippen molar-refractivity contribution >= 4 is 17.8 Å². The second-order valence-electron chi connectivity index (χ2n) is 10.4. The molecular weight excluding hydrogens is 394 g/mol. The van der Waals surface area contributed by atoms with E-state index in [0.29, 0.717) is 19.6 Å². The summed E-state index contributed by atoms with van der Waals surface area (Å²) in [6.45, 7) is 9.79. The monoisotopic (exact) mass is 427 g/mol. The summed E-state index contributed by atoms with van der Waals surface area (Å²) in [6, 6.07) is 6.90. The van der Waals surface area contributed by atoms with Crippen molar-refractivity contribution in [2.24, 2.45) is 11.3 Å². The van der Waals surface area contributed by atoms with Crippen molar-refractivity contribution in [3.63, 3.8) is 0 Å². The van der Waals surface area contributed by atoms with Crippen molar-refractivity contribution in [2.75, 3.05) is 33.3 Å². The number of rotatable bonds is 5. The van der Waals surface area contributed by atoms with Gasteiger partial charge in [0.05, 0.1) is 19.1 Å². The second kappa shape index (κ2) is 7.53. The maximum absolute atomic E-state index is 13.8. The molecular formula is C24H33N3O4. The molecule has 7 nitrogen and oxygen atoms in total. The van der Waals surface area contributed by atoms with E-state index in [4.69, 9.17) is 4.74 Å². The largest absolute Gasteiger partial charge is 0.497 e. The molecule has 4 amide bonds. The van der Waals surface area contributed by atoms with Crippen LogP contribution in [-0.2, 0) is 15.0 Å². The molecule has 0 spiro atoms. The highest BCUT2D eigenvalue weighted by atomic mass is 16.5. The predicted molar refractivity (Wildman–Crippen MR) is 117 cm³/mol. The van der Waals surface area contributed by atoms with Gasteiger partial charge in [0, 0.05) is 25.0 Å². The first-order valence-corrected chi connectivity index (χ1v) is 11.1. The van der Waals surface area contributed by atoms with Crippen molar-refractivity contribution in [2.45, 2.75) is 52.0 Å². The molecule has 1 unspecified atom stereocenters. The molecule has 1 aromatic carbocycles. The Morgan fingerprint density at radius 2 is 1.77 bits per heavy atom. The van der Waals surface area contributed by atoms with E-state index >= 15 is 0 Å². The lowest BCUT2D eigenvalue weighted by Gasteiger charge is -2.33. The highest BCUT2D eigenvalue weighted by Gasteiger charge is 2.56. The molecule has 3 fully saturated rings. The van der Waals surface area contributed by atoms with Crippen molar-refractivity contribution < 1.29 is 19.1 Å². The van der Waals surface area contributed by atoms with Crippen LogP contribution in [0.1, 0.15) is 46.1 Å². The quantitative estimate of drug-likeness (QED) is 0.678. The van der Waals surface area contributed by atoms with Crippen LogP contribution in [0, 0.1) is 11.3 Å². The molecule has 168 valence electrons. The van der Waals surface area contributed by atoms with Gasteiger partial charge in [-0.15, -0.1) is 0 Å². The molecule has 7 heteroatoms. The molecule has 2 saturated heterocycles. The zero-order chi connectivity index (χ0) is 22.6. The minimum absolute atomic E-state index is 0.0650. The van der Waals surface area contributed by atoms with E-state index in [9.17, 15) is 14.4 Å². The number of nitrogens with zero attached hydrogens (tertiary/aromatic N) is 3. The summed E-state index contributed by atoms with van der Waals surface area (Å²) >= 11 is 0. The summed E-state index contributed by atoms with van der Waals surface area (Å²) in [6.07, 6.45) is 1.60. The molecule has 1 atom stereocenters. The summed E-state index contributed by atoms with van der Waals surface area (Å²) < 4.78 is 5.25. The van der Waals surface area contributed by atoms with Gasteiger partial charge in [-0.1, -0.05) is 39.8 Å². The molecule has 1 aromatic rings. The summed E-state index contributed by atoms with van der Waals surface area (Å²) in [5.41, 5.74) is 0.165. The van der Waals surface area contributed by atoms with Gasteiger partial charge in [-0.3, -0.25) is 14.5 Å². The zero-order valence-electron chi connectivity index (χ0n) is 19.2. The van der Waals surface area contributed by atoms with E-state index < -0.39 is 11.5 Å². The Bertz CT molecular complexity index is 889. The van der Waals surface area contributed by atoms with Crippen LogP contribution in [0.5, 0.6) is 5.75 Å². The number of imide groups is 1. The molecule has 1 aliphatic carbocycles. The number of amides is 4. The summed E-state index contributed by atoms with van der Waals surface area (Å²) in [7, 11) is 1.63. The van der Waals surface area contributed by atoms with Crippen LogP contribution in [-0.4, -0.2) is 71.9 Å². The van der Waals surface area contributed by atoms with Gasteiger partial charge < -0.3 is 14.5 Å². The van der Waals surface area contributed by atoms with Crippen molar-refractivity contribution in [1.29, 1.82) is 0 Å². The third-order valence-corrected chi connectivity index (χ3v) is 6.65. The Hall–Kier alpha value is -2.57. The van der Waals surface area contributed by atoms with Gasteiger partial charge in [0.15, 0.2) is 0 Å². The highest BCUT2D eigenvalue weighted by Crippen LogP contribution is 2.50. The molecule has 4 rings (SSSR count). The van der Waals surface area contributed by atoms with Crippen molar-refractivity contribution in [3.8, 4) is 5.75 Å². The Morgan fingerprint density at radius 1 is 1.13 bits per heavy atom. The summed E-state index contributed by atoms with van der Waals surface area (Å²) in [5.74, 6) is 0.851. The first kappa shape index (κ1) is 21.7. The van der Waals surface area contributed by atoms with E-state index in [1.165, 1.54) is 4.90 Å². The van der Waals surface area contributed by atoms with Crippen molar-refractivity contribution in [3.05, 3.63) is 29.8 Å². The number of benzene rings is 1. The maximum atomic E-state index is 13.8. The summed E-state index contributed by atoms with van der Waals surface area (Å²) in [5, 5.41) is 0. The van der Waals surface area contributed by atoms with Crippen LogP contribution in [0.2, 0.25) is 0 Å². The third-order valence-electron chi connectivity index (χ3n) is 6.65. The number of carbonyl (C=O) groups is 3. The second-order valence-corrected chi connectivity index (χ2v) is 10.4. The number of fused-ring (bicyclic) bond motifs is 1. The lowest BCUT2D eigenvalue weighted by Crippen LogP contribution is -2.47. The Kier molecular flexibility index (Phi) is 5.26. The number of hydrogen-bond donors (Lipinski definition) is 0. The number of carbonyl (C=O) groups excluding carboxylic acids is 3. The molecule has 0 aromatic heterocycles. The van der Waals surface area contributed by atoms with Gasteiger partial charge in [0.25, 0.3) is 5.91 Å². The van der Waals surface area contributed by atoms with E-state index in [2.05, 4.69) is 13.8 Å². The molecule has 3 aliphatic rings. The Balaban J connectivity index is 1.61. The minimum atomic E-state index is -0.594. The topological polar surface area (TPSA) is 70.2 Å². The lowest BCUT2D eigenvalue weighted by atomic mass is 9.90. The fraction of sp³-hybridized carbons (Fsp3) is 0.625. The molecule has 2 heterocycles. The number of hydrogen-bond acceptors (Lipinski definition) is 4. The first-order valence-electron chi connectivity index (χ1n) is 11.1. The number of ether oxygens (including phenoxy) is 1. The van der Waals surface area contributed by atoms with Crippen molar-refractivity contribution in [1.82, 2.24) is 14.7 Å². The number of urea groups is 1. The van der Waals surface area contributed by atoms with E-state index in [1.807, 2.05) is 43.0 Å². The molecule has 0 radical (unpaired) electrons. The molecule has 0 N–H and O–H groups in total. The predicted octanol–water partition coefficient (Wildman–Crippen LogP) is 2.88. The first-order chi connectivity index (χ1) is 14.6. The molecule has 0 bridgehead atoms. The maximum Gasteiger partial charge on any atom is 0.327 e. The van der Waals surface area contributed by atoms with Crippen LogP contribution >= 0.6 is 0 Å². The van der Waals surface area contributed by atoms with E-state index in [0.717, 1.165) is 24.2 Å². The minimum Gasteiger partial charge on any atom is -0.497 e. The molecule has 2 aliphatic heterocycles. The van der Waals surface area contributed by atoms with Crippen LogP contribution < -0.4 is 4.74 Å². The fourth-order valence-electron chi connectivity index (χ4n) is 5.00. The van der Waals surface area contributed by atoms with Gasteiger partial charge in [-0.2, -0.15) is 0 Å². The summed E-state index contributed by atoms with van der Waals surface area (Å²) in [4.78, 5) is 44.8. The third kappa shape index (κ3) is 3.79. The van der Waals surface area contributed by atoms with E-state index in [1.54, 1.807) is 12.0 Å². The number of methoxy groups -OCH3 is 1. The standard InChI is InChI=1S/C24H33N3O4/c1-16(2)12-26-20(28)19-13-25(14-23(3,4)15-27(19)22(26)30)21(29)24(10-11-24)17-6-8-18(31-5)9-7-17/h6-9,16,19H,10-15H2,1-5H3. The van der Waals surface area contributed by atoms with Crippen LogP contribution in [0.3, 0.4) is 0 Å². The van der Waals surface area contributed by atoms with E-state index in [-0.39, 0.29) is 35.7 Å². The average Bonchev–Trinajstić information content (AvgIpc) is 3.51.